The summed E-state index contributed by atoms with van der Waals surface area (Å²) in [6.07, 6.45) is 12.0. The second-order valence-electron chi connectivity index (χ2n) is 12.5. The highest BCUT2D eigenvalue weighted by Crippen LogP contribution is 2.41. The molecule has 2 fully saturated rings. The van der Waals surface area contributed by atoms with Crippen molar-refractivity contribution in [3.05, 3.63) is 71.1 Å². The van der Waals surface area contributed by atoms with E-state index in [-0.39, 0.29) is 35.4 Å². The van der Waals surface area contributed by atoms with Crippen LogP contribution in [0.1, 0.15) is 78.3 Å². The number of terminal acetylenes is 1. The van der Waals surface area contributed by atoms with Crippen LogP contribution < -0.4 is 0 Å². The minimum Gasteiger partial charge on any atom is -0.299 e. The topological polar surface area (TPSA) is 82.1 Å². The fraction of sp³-hybridized carbons (Fsp3) is 0.441. The van der Waals surface area contributed by atoms with Gasteiger partial charge < -0.3 is 0 Å². The van der Waals surface area contributed by atoms with E-state index in [2.05, 4.69) is 27.9 Å². The fourth-order valence-corrected chi connectivity index (χ4v) is 6.88. The van der Waals surface area contributed by atoms with Crippen molar-refractivity contribution in [2.45, 2.75) is 71.5 Å². The Balaban J connectivity index is 1.15. The zero-order valence-electron chi connectivity index (χ0n) is 24.8. The van der Waals surface area contributed by atoms with Crippen LogP contribution in [-0.4, -0.2) is 35.7 Å². The van der Waals surface area contributed by atoms with Gasteiger partial charge in [0.15, 0.2) is 17.1 Å². The number of Topliss-reactive ketones (excluding diaryl/α,β-unsaturated/α-hetero) is 2. The molecule has 0 spiro atoms. The third kappa shape index (κ3) is 5.80. The average molecular weight is 602 g/mol. The number of ketones is 2. The Morgan fingerprint density at radius 3 is 2.59 bits per heavy atom. The molecule has 0 unspecified atom stereocenters. The smallest absolute Gasteiger partial charge is 0.299 e. The van der Waals surface area contributed by atoms with Crippen LogP contribution in [0.15, 0.2) is 43.0 Å². The normalized spacial score (nSPS) is 21.7. The van der Waals surface area contributed by atoms with Gasteiger partial charge in [0, 0.05) is 48.8 Å². The summed E-state index contributed by atoms with van der Waals surface area (Å²) in [5, 5.41) is 3.66. The van der Waals surface area contributed by atoms with Gasteiger partial charge in [-0.1, -0.05) is 31.0 Å². The van der Waals surface area contributed by atoms with Crippen molar-refractivity contribution in [3.8, 4) is 23.6 Å². The van der Waals surface area contributed by atoms with E-state index < -0.39 is 11.9 Å². The van der Waals surface area contributed by atoms with Gasteiger partial charge in [0.25, 0.3) is 0 Å². The molecular formula is C34H34F3N5O2. The molecule has 0 bridgehead atoms. The monoisotopic (exact) mass is 601 g/mol. The van der Waals surface area contributed by atoms with Crippen molar-refractivity contribution in [3.63, 3.8) is 0 Å². The van der Waals surface area contributed by atoms with Gasteiger partial charge in [-0.3, -0.25) is 23.7 Å². The minimum atomic E-state index is -4.67. The lowest BCUT2D eigenvalue weighted by Gasteiger charge is -2.34. The largest absolute Gasteiger partial charge is 0.435 e. The molecule has 1 aromatic carbocycles. The highest BCUT2D eigenvalue weighted by molar-refractivity contribution is 5.99. The molecule has 2 atom stereocenters. The van der Waals surface area contributed by atoms with E-state index in [1.54, 1.807) is 10.6 Å². The van der Waals surface area contributed by atoms with Crippen LogP contribution in [0.25, 0.3) is 16.9 Å². The Kier molecular flexibility index (Phi) is 7.91. The van der Waals surface area contributed by atoms with Crippen molar-refractivity contribution in [1.82, 2.24) is 24.1 Å². The lowest BCUT2D eigenvalue weighted by Crippen LogP contribution is -2.33. The van der Waals surface area contributed by atoms with Gasteiger partial charge in [-0.15, -0.1) is 6.42 Å². The highest BCUT2D eigenvalue weighted by Gasteiger charge is 2.39. The van der Waals surface area contributed by atoms with Gasteiger partial charge in [-0.2, -0.15) is 18.3 Å². The summed E-state index contributed by atoms with van der Waals surface area (Å²) >= 11 is 0. The maximum absolute atomic E-state index is 13.8. The molecule has 0 radical (unpaired) electrons. The Bertz CT molecular complexity index is 1770. The van der Waals surface area contributed by atoms with Gasteiger partial charge in [-0.25, -0.2) is 4.98 Å². The molecular weight excluding hydrogens is 567 g/mol. The van der Waals surface area contributed by atoms with Gasteiger partial charge in [0.1, 0.15) is 12.3 Å². The quantitative estimate of drug-likeness (QED) is 0.157. The lowest BCUT2D eigenvalue weighted by molar-refractivity contribution is -0.141. The Labute approximate surface area is 253 Å². The molecule has 10 heteroatoms. The molecule has 2 aliphatic carbocycles. The van der Waals surface area contributed by atoms with Crippen molar-refractivity contribution in [2.75, 3.05) is 0 Å². The second-order valence-corrected chi connectivity index (χ2v) is 12.5. The zero-order chi connectivity index (χ0) is 31.2. The average Bonchev–Trinajstić information content (AvgIpc) is 3.69. The lowest BCUT2D eigenvalue weighted by atomic mass is 9.68. The van der Waals surface area contributed by atoms with E-state index in [1.165, 1.54) is 18.6 Å². The van der Waals surface area contributed by atoms with Gasteiger partial charge in [0.2, 0.25) is 0 Å². The maximum Gasteiger partial charge on any atom is 0.435 e. The van der Waals surface area contributed by atoms with E-state index in [4.69, 9.17) is 6.42 Å². The Hall–Kier alpha value is -4.26. The van der Waals surface area contributed by atoms with Crippen LogP contribution >= 0.6 is 0 Å². The number of imidazole rings is 1. The molecule has 228 valence electrons. The summed E-state index contributed by atoms with van der Waals surface area (Å²) in [6, 6.07) is 5.69. The van der Waals surface area contributed by atoms with Crippen LogP contribution in [-0.2, 0) is 23.9 Å². The van der Waals surface area contributed by atoms with E-state index >= 15 is 0 Å². The van der Waals surface area contributed by atoms with Crippen LogP contribution in [0.2, 0.25) is 0 Å². The first-order valence-electron chi connectivity index (χ1n) is 15.1. The van der Waals surface area contributed by atoms with Crippen molar-refractivity contribution in [1.29, 1.82) is 0 Å². The van der Waals surface area contributed by atoms with Gasteiger partial charge in [-0.05, 0) is 62.0 Å². The number of hydrogen-bond acceptors (Lipinski definition) is 5. The van der Waals surface area contributed by atoms with Crippen LogP contribution in [0.5, 0.6) is 0 Å². The molecule has 0 amide bonds. The summed E-state index contributed by atoms with van der Waals surface area (Å²) in [6.45, 7) is 4.02. The standard InChI is InChI=1S/C34H34F3N5O2/c1-4-10-41-19-27(32(40-41)34(35,36)37)29-18-39-33-28(38-9-11-42(29)33)16-22-6-8-26(21(3)13-22)31(44)25-14-23(15-25)17-30(43)24-7-5-20(2)12-24/h1,6,8-9,11,13,18-20,23-25H,5,7,10,12,14-17H2,2-3H3/t20-,23?,24-,25?/m0/s1. The molecule has 6 rings (SSSR count). The van der Waals surface area contributed by atoms with Crippen molar-refractivity contribution < 1.29 is 22.8 Å². The first-order chi connectivity index (χ1) is 21.0. The molecule has 0 saturated heterocycles. The van der Waals surface area contributed by atoms with Crippen LogP contribution in [0.3, 0.4) is 0 Å². The number of benzene rings is 1. The molecule has 0 N–H and O–H groups in total. The maximum atomic E-state index is 13.8. The summed E-state index contributed by atoms with van der Waals surface area (Å²) in [5.41, 5.74) is 2.55. The minimum absolute atomic E-state index is 0.0508. The number of hydrogen-bond donors (Lipinski definition) is 0. The second kappa shape index (κ2) is 11.7. The number of carbonyl (C=O) groups excluding carboxylic acids is 2. The molecule has 7 nitrogen and oxygen atoms in total. The molecule has 3 aromatic heterocycles. The zero-order valence-corrected chi connectivity index (χ0v) is 24.8. The predicted octanol–water partition coefficient (Wildman–Crippen LogP) is 6.75. The van der Waals surface area contributed by atoms with Crippen LogP contribution in [0.4, 0.5) is 13.2 Å². The van der Waals surface area contributed by atoms with Gasteiger partial charge >= 0.3 is 6.18 Å². The third-order valence-electron chi connectivity index (χ3n) is 9.23. The first-order valence-corrected chi connectivity index (χ1v) is 15.1. The fourth-order valence-electron chi connectivity index (χ4n) is 6.88. The summed E-state index contributed by atoms with van der Waals surface area (Å²) in [5.74, 6) is 3.90. The summed E-state index contributed by atoms with van der Waals surface area (Å²) < 4.78 is 44.1. The first kappa shape index (κ1) is 29.8. The molecule has 4 aromatic rings. The number of alkyl halides is 3. The molecule has 44 heavy (non-hydrogen) atoms. The van der Waals surface area contributed by atoms with E-state index in [0.29, 0.717) is 47.4 Å². The molecule has 3 heterocycles. The highest BCUT2D eigenvalue weighted by atomic mass is 19.4. The Morgan fingerprint density at radius 1 is 1.11 bits per heavy atom. The number of aryl methyl sites for hydroxylation is 1. The van der Waals surface area contributed by atoms with E-state index in [1.807, 2.05) is 25.1 Å². The predicted molar refractivity (Wildman–Crippen MR) is 159 cm³/mol. The molecule has 2 saturated carbocycles. The van der Waals surface area contributed by atoms with Gasteiger partial charge in [0.05, 0.1) is 23.1 Å². The van der Waals surface area contributed by atoms with E-state index in [0.717, 1.165) is 47.9 Å². The number of nitrogens with zero attached hydrogens (tertiary/aromatic N) is 5. The number of halogens is 3. The third-order valence-corrected chi connectivity index (χ3v) is 9.23. The summed E-state index contributed by atoms with van der Waals surface area (Å²) in [7, 11) is 0. The number of rotatable bonds is 9. The number of carbonyl (C=O) groups is 2. The van der Waals surface area contributed by atoms with Crippen LogP contribution in [0, 0.1) is 42.9 Å². The Morgan fingerprint density at radius 2 is 1.91 bits per heavy atom. The number of fused-ring (bicyclic) bond motifs is 1. The number of aromatic nitrogens is 5. The van der Waals surface area contributed by atoms with Crippen molar-refractivity contribution in [2.24, 2.45) is 23.7 Å². The molecule has 0 aliphatic heterocycles. The van der Waals surface area contributed by atoms with E-state index in [9.17, 15) is 22.8 Å². The van der Waals surface area contributed by atoms with Crippen molar-refractivity contribution >= 4 is 17.2 Å². The summed E-state index contributed by atoms with van der Waals surface area (Å²) in [4.78, 5) is 34.8. The molecule has 2 aliphatic rings. The SMILES string of the molecule is C#CCn1cc(-c2cnc3c(Cc4ccc(C(=O)C5CC(CC(=O)[C@H]6CC[C@H](C)C6)C5)c(C)c4)nccn23)c(C(F)(F)F)n1.